The monoisotopic (exact) mass is 291 g/mol. The second-order valence-corrected chi connectivity index (χ2v) is 5.30. The molecule has 1 atom stereocenters. The topological polar surface area (TPSA) is 12.0 Å². The first kappa shape index (κ1) is 15.0. The third kappa shape index (κ3) is 3.38. The third-order valence-corrected chi connectivity index (χ3v) is 3.65. The van der Waals surface area contributed by atoms with E-state index in [0.29, 0.717) is 0 Å². The molecule has 0 amide bonds. The molecule has 0 aromatic heterocycles. The summed E-state index contributed by atoms with van der Waals surface area (Å²) in [5.74, 6) is -0.384. The Morgan fingerprint density at radius 2 is 1.95 bits per heavy atom. The summed E-state index contributed by atoms with van der Waals surface area (Å²) in [5.41, 5.74) is 3.23. The zero-order valence-corrected chi connectivity index (χ0v) is 12.5. The lowest BCUT2D eigenvalue weighted by Crippen LogP contribution is -2.19. The first-order valence-electron chi connectivity index (χ1n) is 6.91. The highest BCUT2D eigenvalue weighted by Crippen LogP contribution is 2.30. The van der Waals surface area contributed by atoms with Gasteiger partial charge in [0.15, 0.2) is 0 Å². The van der Waals surface area contributed by atoms with Crippen molar-refractivity contribution in [2.75, 3.05) is 6.54 Å². The van der Waals surface area contributed by atoms with Gasteiger partial charge in [-0.05, 0) is 48.7 Å². The van der Waals surface area contributed by atoms with E-state index < -0.39 is 0 Å². The summed E-state index contributed by atoms with van der Waals surface area (Å²) in [4.78, 5) is 0. The molecular weight excluding hydrogens is 273 g/mol. The Morgan fingerprint density at radius 3 is 2.65 bits per heavy atom. The van der Waals surface area contributed by atoms with Crippen molar-refractivity contribution >= 4 is 11.6 Å². The molecule has 3 heteroatoms. The summed E-state index contributed by atoms with van der Waals surface area (Å²) in [7, 11) is 0. The molecule has 106 valence electrons. The SMILES string of the molecule is CCCNC(C)c1ccccc1-c1ccc(F)c(Cl)c1. The molecule has 2 aromatic carbocycles. The fourth-order valence-corrected chi connectivity index (χ4v) is 2.45. The molecule has 0 heterocycles. The van der Waals surface area contributed by atoms with Crippen LogP contribution in [0.3, 0.4) is 0 Å². The van der Waals surface area contributed by atoms with E-state index in [0.717, 1.165) is 24.1 Å². The largest absolute Gasteiger partial charge is 0.310 e. The van der Waals surface area contributed by atoms with Crippen molar-refractivity contribution in [3.05, 3.63) is 58.9 Å². The Hall–Kier alpha value is -1.38. The molecule has 1 N–H and O–H groups in total. The summed E-state index contributed by atoms with van der Waals surface area (Å²) >= 11 is 5.89. The molecular formula is C17H19ClFN. The molecule has 1 unspecified atom stereocenters. The molecule has 0 aliphatic heterocycles. The van der Waals surface area contributed by atoms with Gasteiger partial charge in [-0.15, -0.1) is 0 Å². The van der Waals surface area contributed by atoms with Crippen LogP contribution in [0, 0.1) is 5.82 Å². The summed E-state index contributed by atoms with van der Waals surface area (Å²) < 4.78 is 13.3. The van der Waals surface area contributed by atoms with Gasteiger partial charge in [-0.1, -0.05) is 48.9 Å². The van der Waals surface area contributed by atoms with Crippen molar-refractivity contribution in [1.29, 1.82) is 0 Å². The fraction of sp³-hybridized carbons (Fsp3) is 0.294. The molecule has 2 rings (SSSR count). The van der Waals surface area contributed by atoms with Crippen LogP contribution in [-0.2, 0) is 0 Å². The van der Waals surface area contributed by atoms with Gasteiger partial charge in [0.25, 0.3) is 0 Å². The van der Waals surface area contributed by atoms with Crippen LogP contribution in [0.2, 0.25) is 5.02 Å². The smallest absolute Gasteiger partial charge is 0.141 e. The number of halogens is 2. The van der Waals surface area contributed by atoms with Gasteiger partial charge in [-0.3, -0.25) is 0 Å². The standard InChI is InChI=1S/C17H19ClFN/c1-3-10-20-12(2)14-6-4-5-7-15(14)13-8-9-17(19)16(18)11-13/h4-9,11-12,20H,3,10H2,1-2H3. The predicted molar refractivity (Wildman–Crippen MR) is 83.6 cm³/mol. The Bertz CT molecular complexity index is 583. The van der Waals surface area contributed by atoms with Gasteiger partial charge in [0.1, 0.15) is 5.82 Å². The van der Waals surface area contributed by atoms with E-state index in [-0.39, 0.29) is 16.9 Å². The normalized spacial score (nSPS) is 12.4. The molecule has 2 aromatic rings. The highest BCUT2D eigenvalue weighted by Gasteiger charge is 2.12. The van der Waals surface area contributed by atoms with Gasteiger partial charge in [-0.2, -0.15) is 0 Å². The van der Waals surface area contributed by atoms with Gasteiger partial charge in [-0.25, -0.2) is 4.39 Å². The number of hydrogen-bond donors (Lipinski definition) is 1. The van der Waals surface area contributed by atoms with Crippen LogP contribution in [0.1, 0.15) is 31.9 Å². The second-order valence-electron chi connectivity index (χ2n) is 4.89. The third-order valence-electron chi connectivity index (χ3n) is 3.36. The van der Waals surface area contributed by atoms with Gasteiger partial charge in [0.05, 0.1) is 5.02 Å². The van der Waals surface area contributed by atoms with E-state index in [4.69, 9.17) is 11.6 Å². The van der Waals surface area contributed by atoms with Gasteiger partial charge in [0.2, 0.25) is 0 Å². The molecule has 0 saturated carbocycles. The van der Waals surface area contributed by atoms with Crippen molar-refractivity contribution in [2.45, 2.75) is 26.3 Å². The van der Waals surface area contributed by atoms with Crippen molar-refractivity contribution in [1.82, 2.24) is 5.32 Å². The van der Waals surface area contributed by atoms with Crippen molar-refractivity contribution < 1.29 is 4.39 Å². The lowest BCUT2D eigenvalue weighted by molar-refractivity contribution is 0.571. The maximum Gasteiger partial charge on any atom is 0.141 e. The fourth-order valence-electron chi connectivity index (χ4n) is 2.27. The van der Waals surface area contributed by atoms with Crippen LogP contribution in [0.5, 0.6) is 0 Å². The average molecular weight is 292 g/mol. The molecule has 0 fully saturated rings. The van der Waals surface area contributed by atoms with Crippen LogP contribution in [0.15, 0.2) is 42.5 Å². The van der Waals surface area contributed by atoms with Crippen LogP contribution in [-0.4, -0.2) is 6.54 Å². The van der Waals surface area contributed by atoms with Gasteiger partial charge >= 0.3 is 0 Å². The zero-order chi connectivity index (χ0) is 14.5. The van der Waals surface area contributed by atoms with Crippen LogP contribution >= 0.6 is 11.6 Å². The highest BCUT2D eigenvalue weighted by molar-refractivity contribution is 6.31. The first-order valence-corrected chi connectivity index (χ1v) is 7.29. The minimum Gasteiger partial charge on any atom is -0.310 e. The van der Waals surface area contributed by atoms with Crippen molar-refractivity contribution in [3.8, 4) is 11.1 Å². The summed E-state index contributed by atoms with van der Waals surface area (Å²) in [6.07, 6.45) is 1.09. The maximum absolute atomic E-state index is 13.3. The summed E-state index contributed by atoms with van der Waals surface area (Å²) in [5, 5.41) is 3.64. The molecule has 0 saturated heterocycles. The molecule has 20 heavy (non-hydrogen) atoms. The first-order chi connectivity index (χ1) is 9.63. The van der Waals surface area contributed by atoms with E-state index in [1.807, 2.05) is 18.2 Å². The van der Waals surface area contributed by atoms with Gasteiger partial charge < -0.3 is 5.32 Å². The van der Waals surface area contributed by atoms with E-state index >= 15 is 0 Å². The average Bonchev–Trinajstić information content (AvgIpc) is 2.47. The minimum atomic E-state index is -0.384. The van der Waals surface area contributed by atoms with Crippen molar-refractivity contribution in [3.63, 3.8) is 0 Å². The van der Waals surface area contributed by atoms with E-state index in [1.165, 1.54) is 11.6 Å². The minimum absolute atomic E-state index is 0.159. The maximum atomic E-state index is 13.3. The Labute approximate surface area is 124 Å². The Kier molecular flexibility index (Phi) is 5.16. The molecule has 0 bridgehead atoms. The molecule has 0 aliphatic carbocycles. The van der Waals surface area contributed by atoms with E-state index in [1.54, 1.807) is 12.1 Å². The second kappa shape index (κ2) is 6.87. The van der Waals surface area contributed by atoms with Crippen LogP contribution in [0.4, 0.5) is 4.39 Å². The summed E-state index contributed by atoms with van der Waals surface area (Å²) in [6, 6.07) is 13.3. The number of hydrogen-bond acceptors (Lipinski definition) is 1. The zero-order valence-electron chi connectivity index (χ0n) is 11.8. The molecule has 0 spiro atoms. The van der Waals surface area contributed by atoms with Crippen LogP contribution in [0.25, 0.3) is 11.1 Å². The van der Waals surface area contributed by atoms with E-state index in [2.05, 4.69) is 25.2 Å². The van der Waals surface area contributed by atoms with Crippen molar-refractivity contribution in [2.24, 2.45) is 0 Å². The predicted octanol–water partition coefficient (Wildman–Crippen LogP) is 5.21. The molecule has 0 radical (unpaired) electrons. The number of rotatable bonds is 5. The molecule has 0 aliphatic rings. The lowest BCUT2D eigenvalue weighted by Gasteiger charge is -2.18. The quantitative estimate of drug-likeness (QED) is 0.797. The highest BCUT2D eigenvalue weighted by atomic mass is 35.5. The lowest BCUT2D eigenvalue weighted by atomic mass is 9.95. The van der Waals surface area contributed by atoms with E-state index in [9.17, 15) is 4.39 Å². The summed E-state index contributed by atoms with van der Waals surface area (Å²) in [6.45, 7) is 5.25. The van der Waals surface area contributed by atoms with Gasteiger partial charge in [0, 0.05) is 6.04 Å². The van der Waals surface area contributed by atoms with Crippen LogP contribution < -0.4 is 5.32 Å². The Balaban J connectivity index is 2.38. The number of benzene rings is 2. The molecule has 1 nitrogen and oxygen atoms in total. The Morgan fingerprint density at radius 1 is 1.20 bits per heavy atom. The number of nitrogens with one attached hydrogen (secondary N) is 1.